The summed E-state index contributed by atoms with van der Waals surface area (Å²) >= 11 is 0. The van der Waals surface area contributed by atoms with Crippen molar-refractivity contribution >= 4 is 0 Å². The van der Waals surface area contributed by atoms with Gasteiger partial charge in [-0.25, -0.2) is 0 Å². The molecule has 0 atom stereocenters. The fourth-order valence-corrected chi connectivity index (χ4v) is 2.74. The van der Waals surface area contributed by atoms with Gasteiger partial charge in [0.1, 0.15) is 5.75 Å². The molecule has 2 N–H and O–H groups in total. The lowest BCUT2D eigenvalue weighted by molar-refractivity contribution is 0.207. The number of benzene rings is 1. The van der Waals surface area contributed by atoms with Gasteiger partial charge in [-0.1, -0.05) is 44.4 Å². The van der Waals surface area contributed by atoms with Crippen molar-refractivity contribution in [2.45, 2.75) is 45.6 Å². The number of hydrogen-bond acceptors (Lipinski definition) is 2. The molecular weight excluding hydrogens is 210 g/mol. The summed E-state index contributed by atoms with van der Waals surface area (Å²) in [5.74, 6) is 0.397. The highest BCUT2D eigenvalue weighted by molar-refractivity contribution is 5.31. The van der Waals surface area contributed by atoms with E-state index in [1.807, 2.05) is 18.2 Å². The molecule has 1 saturated carbocycles. The topological polar surface area (TPSA) is 32.3 Å². The highest BCUT2D eigenvalue weighted by Crippen LogP contribution is 2.35. The summed E-state index contributed by atoms with van der Waals surface area (Å²) in [5.41, 5.74) is 1.45. The molecule has 1 aromatic carbocycles. The van der Waals surface area contributed by atoms with E-state index in [0.717, 1.165) is 18.7 Å². The molecule has 1 fully saturated rings. The first-order chi connectivity index (χ1) is 8.20. The van der Waals surface area contributed by atoms with Crippen LogP contribution in [0.4, 0.5) is 0 Å². The minimum atomic E-state index is 0.397. The van der Waals surface area contributed by atoms with Crippen molar-refractivity contribution in [2.75, 3.05) is 6.54 Å². The first kappa shape index (κ1) is 12.4. The Morgan fingerprint density at radius 2 is 1.88 bits per heavy atom. The molecule has 17 heavy (non-hydrogen) atoms. The van der Waals surface area contributed by atoms with E-state index in [9.17, 15) is 5.11 Å². The average Bonchev–Trinajstić information content (AvgIpc) is 2.32. The minimum Gasteiger partial charge on any atom is -0.508 e. The highest BCUT2D eigenvalue weighted by atomic mass is 16.3. The zero-order valence-corrected chi connectivity index (χ0v) is 10.7. The molecule has 0 aliphatic heterocycles. The number of nitrogens with one attached hydrogen (secondary N) is 1. The summed E-state index contributed by atoms with van der Waals surface area (Å²) in [4.78, 5) is 0. The number of rotatable bonds is 4. The molecule has 1 aromatic rings. The monoisotopic (exact) mass is 233 g/mol. The molecule has 0 spiro atoms. The van der Waals surface area contributed by atoms with Crippen LogP contribution in [0.5, 0.6) is 5.75 Å². The van der Waals surface area contributed by atoms with Crippen molar-refractivity contribution in [3.05, 3.63) is 29.8 Å². The Hall–Kier alpha value is -1.02. The standard InChI is InChI=1S/C15H23NO/c1-15(9-5-2-6-10-15)12-16-11-13-7-3-4-8-14(13)17/h3-4,7-8,16-17H,2,5-6,9-12H2,1H3. The molecule has 0 radical (unpaired) electrons. The summed E-state index contributed by atoms with van der Waals surface area (Å²) in [6, 6.07) is 7.56. The summed E-state index contributed by atoms with van der Waals surface area (Å²) in [6.45, 7) is 4.20. The third kappa shape index (κ3) is 3.47. The maximum Gasteiger partial charge on any atom is 0.120 e. The average molecular weight is 233 g/mol. The van der Waals surface area contributed by atoms with Gasteiger partial charge in [0.15, 0.2) is 0 Å². The summed E-state index contributed by atoms with van der Waals surface area (Å²) in [6.07, 6.45) is 6.81. The van der Waals surface area contributed by atoms with Gasteiger partial charge in [-0.05, 0) is 24.3 Å². The fraction of sp³-hybridized carbons (Fsp3) is 0.600. The van der Waals surface area contributed by atoms with Crippen molar-refractivity contribution in [3.8, 4) is 5.75 Å². The molecule has 0 bridgehead atoms. The lowest BCUT2D eigenvalue weighted by Gasteiger charge is -2.33. The normalized spacial score (nSPS) is 19.1. The second-order valence-corrected chi connectivity index (χ2v) is 5.60. The van der Waals surface area contributed by atoms with Crippen LogP contribution in [0.15, 0.2) is 24.3 Å². The van der Waals surface area contributed by atoms with Gasteiger partial charge >= 0.3 is 0 Å². The van der Waals surface area contributed by atoms with E-state index in [4.69, 9.17) is 0 Å². The quantitative estimate of drug-likeness (QED) is 0.834. The van der Waals surface area contributed by atoms with Crippen LogP contribution in [-0.4, -0.2) is 11.7 Å². The molecule has 94 valence electrons. The number of para-hydroxylation sites is 1. The number of hydrogen-bond donors (Lipinski definition) is 2. The third-order valence-corrected chi connectivity index (χ3v) is 3.92. The number of phenols is 1. The number of aromatic hydroxyl groups is 1. The van der Waals surface area contributed by atoms with E-state index in [0.29, 0.717) is 11.2 Å². The zero-order chi connectivity index (χ0) is 12.1. The predicted molar refractivity (Wildman–Crippen MR) is 71.0 cm³/mol. The van der Waals surface area contributed by atoms with E-state index < -0.39 is 0 Å². The Balaban J connectivity index is 1.81. The van der Waals surface area contributed by atoms with Gasteiger partial charge in [-0.2, -0.15) is 0 Å². The van der Waals surface area contributed by atoms with E-state index in [1.165, 1.54) is 32.1 Å². The molecule has 2 heteroatoms. The van der Waals surface area contributed by atoms with Crippen molar-refractivity contribution in [3.63, 3.8) is 0 Å². The van der Waals surface area contributed by atoms with Crippen molar-refractivity contribution in [2.24, 2.45) is 5.41 Å². The summed E-state index contributed by atoms with van der Waals surface area (Å²) in [5, 5.41) is 13.2. The first-order valence-corrected chi connectivity index (χ1v) is 6.67. The maximum atomic E-state index is 9.67. The second-order valence-electron chi connectivity index (χ2n) is 5.60. The molecule has 0 heterocycles. The Morgan fingerprint density at radius 3 is 2.59 bits per heavy atom. The van der Waals surface area contributed by atoms with Gasteiger partial charge in [0.2, 0.25) is 0 Å². The van der Waals surface area contributed by atoms with Crippen LogP contribution in [0.3, 0.4) is 0 Å². The van der Waals surface area contributed by atoms with Crippen molar-refractivity contribution in [1.82, 2.24) is 5.32 Å². The lowest BCUT2D eigenvalue weighted by Crippen LogP contribution is -2.33. The van der Waals surface area contributed by atoms with Crippen LogP contribution in [0.1, 0.15) is 44.6 Å². The number of phenolic OH excluding ortho intramolecular Hbond substituents is 1. The van der Waals surface area contributed by atoms with Crippen LogP contribution in [0.2, 0.25) is 0 Å². The van der Waals surface area contributed by atoms with Gasteiger partial charge in [0.25, 0.3) is 0 Å². The molecule has 2 rings (SSSR count). The Bertz CT molecular complexity index is 356. The van der Waals surface area contributed by atoms with E-state index in [-0.39, 0.29) is 0 Å². The summed E-state index contributed by atoms with van der Waals surface area (Å²) in [7, 11) is 0. The van der Waals surface area contributed by atoms with Crippen LogP contribution >= 0.6 is 0 Å². The van der Waals surface area contributed by atoms with E-state index >= 15 is 0 Å². The Morgan fingerprint density at radius 1 is 1.18 bits per heavy atom. The summed E-state index contributed by atoms with van der Waals surface area (Å²) < 4.78 is 0. The van der Waals surface area contributed by atoms with Gasteiger partial charge in [-0.3, -0.25) is 0 Å². The Labute approximate surface area is 104 Å². The largest absolute Gasteiger partial charge is 0.508 e. The Kier molecular flexibility index (Phi) is 4.06. The molecule has 2 nitrogen and oxygen atoms in total. The van der Waals surface area contributed by atoms with Crippen molar-refractivity contribution < 1.29 is 5.11 Å². The highest BCUT2D eigenvalue weighted by Gasteiger charge is 2.25. The van der Waals surface area contributed by atoms with E-state index in [2.05, 4.69) is 12.2 Å². The fourth-order valence-electron chi connectivity index (χ4n) is 2.74. The second kappa shape index (κ2) is 5.54. The smallest absolute Gasteiger partial charge is 0.120 e. The van der Waals surface area contributed by atoms with Crippen LogP contribution in [0.25, 0.3) is 0 Å². The van der Waals surface area contributed by atoms with Gasteiger partial charge in [-0.15, -0.1) is 0 Å². The van der Waals surface area contributed by atoms with Gasteiger partial charge in [0, 0.05) is 18.7 Å². The maximum absolute atomic E-state index is 9.67. The zero-order valence-electron chi connectivity index (χ0n) is 10.7. The van der Waals surface area contributed by atoms with Crippen LogP contribution < -0.4 is 5.32 Å². The minimum absolute atomic E-state index is 0.397. The van der Waals surface area contributed by atoms with E-state index in [1.54, 1.807) is 6.07 Å². The SMILES string of the molecule is CC1(CNCc2ccccc2O)CCCCC1. The lowest BCUT2D eigenvalue weighted by atomic mass is 9.76. The predicted octanol–water partition coefficient (Wildman–Crippen LogP) is 3.45. The van der Waals surface area contributed by atoms with Crippen molar-refractivity contribution in [1.29, 1.82) is 0 Å². The molecule has 0 aromatic heterocycles. The molecular formula is C15H23NO. The molecule has 0 amide bonds. The molecule has 0 saturated heterocycles. The molecule has 1 aliphatic rings. The molecule has 1 aliphatic carbocycles. The van der Waals surface area contributed by atoms with Gasteiger partial charge in [0.05, 0.1) is 0 Å². The third-order valence-electron chi connectivity index (χ3n) is 3.92. The van der Waals surface area contributed by atoms with Crippen LogP contribution in [0, 0.1) is 5.41 Å². The van der Waals surface area contributed by atoms with Gasteiger partial charge < -0.3 is 10.4 Å². The first-order valence-electron chi connectivity index (χ1n) is 6.67. The van der Waals surface area contributed by atoms with Crippen LogP contribution in [-0.2, 0) is 6.54 Å². The molecule has 0 unspecified atom stereocenters.